The minimum absolute atomic E-state index is 0.0149. The van der Waals surface area contributed by atoms with Gasteiger partial charge in [-0.1, -0.05) is 13.3 Å². The molecule has 2 atom stereocenters. The van der Waals surface area contributed by atoms with Crippen molar-refractivity contribution in [2.75, 3.05) is 0 Å². The van der Waals surface area contributed by atoms with Crippen molar-refractivity contribution in [2.45, 2.75) is 57.7 Å². The zero-order valence-electron chi connectivity index (χ0n) is 12.6. The predicted octanol–water partition coefficient (Wildman–Crippen LogP) is 2.54. The van der Waals surface area contributed by atoms with Crippen molar-refractivity contribution in [3.8, 4) is 0 Å². The molecule has 21 heavy (non-hydrogen) atoms. The van der Waals surface area contributed by atoms with E-state index in [1.807, 2.05) is 23.3 Å². The van der Waals surface area contributed by atoms with Crippen molar-refractivity contribution in [2.24, 2.45) is 5.92 Å². The third-order valence-corrected chi connectivity index (χ3v) is 5.39. The molecule has 2 aliphatic rings. The summed E-state index contributed by atoms with van der Waals surface area (Å²) in [6, 6.07) is 1.70. The Morgan fingerprint density at radius 2 is 2.19 bits per heavy atom. The number of piperazine rings is 1. The Hall–Kier alpha value is -1.36. The molecule has 1 saturated heterocycles. The van der Waals surface area contributed by atoms with E-state index in [-0.39, 0.29) is 17.9 Å². The van der Waals surface area contributed by atoms with Gasteiger partial charge in [0.25, 0.3) is 0 Å². The van der Waals surface area contributed by atoms with E-state index in [1.165, 1.54) is 0 Å². The highest BCUT2D eigenvalue weighted by molar-refractivity contribution is 7.07. The summed E-state index contributed by atoms with van der Waals surface area (Å²) in [5, 5.41) is 7.09. The molecule has 2 amide bonds. The van der Waals surface area contributed by atoms with Crippen molar-refractivity contribution in [3.05, 3.63) is 22.4 Å². The number of nitrogens with zero attached hydrogens (tertiary/aromatic N) is 1. The SMILES string of the molecule is CCCC1C(=O)NC(C)(C2CC2)C(=O)N1Cc1ccsc1. The van der Waals surface area contributed by atoms with Crippen LogP contribution in [0, 0.1) is 5.92 Å². The molecule has 1 aliphatic heterocycles. The first-order valence-corrected chi connectivity index (χ1v) is 8.64. The van der Waals surface area contributed by atoms with E-state index in [2.05, 4.69) is 17.6 Å². The fourth-order valence-corrected chi connectivity index (χ4v) is 3.89. The number of rotatable bonds is 5. The highest BCUT2D eigenvalue weighted by Crippen LogP contribution is 2.42. The zero-order valence-corrected chi connectivity index (χ0v) is 13.4. The maximum Gasteiger partial charge on any atom is 0.249 e. The molecular formula is C16H22N2O2S. The molecule has 0 bridgehead atoms. The molecule has 3 rings (SSSR count). The number of nitrogens with one attached hydrogen (secondary N) is 1. The van der Waals surface area contributed by atoms with Crippen molar-refractivity contribution in [3.63, 3.8) is 0 Å². The van der Waals surface area contributed by atoms with Crippen LogP contribution >= 0.6 is 11.3 Å². The molecule has 1 aromatic rings. The standard InChI is InChI=1S/C16H22N2O2S/c1-3-4-13-14(19)17-16(2,12-5-6-12)15(20)18(13)9-11-7-8-21-10-11/h7-8,10,12-13H,3-6,9H2,1-2H3,(H,17,19). The quantitative estimate of drug-likeness (QED) is 0.909. The van der Waals surface area contributed by atoms with Gasteiger partial charge in [0, 0.05) is 6.54 Å². The van der Waals surface area contributed by atoms with Gasteiger partial charge in [0.05, 0.1) is 0 Å². The van der Waals surface area contributed by atoms with Gasteiger partial charge in [0.15, 0.2) is 0 Å². The van der Waals surface area contributed by atoms with Gasteiger partial charge in [-0.2, -0.15) is 11.3 Å². The first kappa shape index (κ1) is 14.6. The van der Waals surface area contributed by atoms with Gasteiger partial charge in [0.2, 0.25) is 11.8 Å². The summed E-state index contributed by atoms with van der Waals surface area (Å²) in [5.74, 6) is 0.414. The van der Waals surface area contributed by atoms with Gasteiger partial charge >= 0.3 is 0 Å². The minimum Gasteiger partial charge on any atom is -0.340 e. The Labute approximate surface area is 129 Å². The van der Waals surface area contributed by atoms with Crippen LogP contribution in [0.5, 0.6) is 0 Å². The lowest BCUT2D eigenvalue weighted by molar-refractivity contribution is -0.156. The van der Waals surface area contributed by atoms with E-state index in [4.69, 9.17) is 0 Å². The second kappa shape index (κ2) is 5.44. The van der Waals surface area contributed by atoms with Crippen LogP contribution in [0.3, 0.4) is 0 Å². The third-order valence-electron chi connectivity index (χ3n) is 4.66. The minimum atomic E-state index is -0.697. The summed E-state index contributed by atoms with van der Waals surface area (Å²) in [6.07, 6.45) is 3.69. The molecule has 1 aliphatic carbocycles. The topological polar surface area (TPSA) is 49.4 Å². The highest BCUT2D eigenvalue weighted by Gasteiger charge is 2.55. The molecule has 114 valence electrons. The molecule has 2 fully saturated rings. The van der Waals surface area contributed by atoms with E-state index in [0.717, 1.165) is 31.2 Å². The second-order valence-corrected chi connectivity index (χ2v) is 7.12. The molecule has 1 aromatic heterocycles. The third kappa shape index (κ3) is 2.59. The summed E-state index contributed by atoms with van der Waals surface area (Å²) in [4.78, 5) is 27.3. The Morgan fingerprint density at radius 1 is 1.43 bits per heavy atom. The van der Waals surface area contributed by atoms with Crippen LogP contribution in [-0.4, -0.2) is 28.3 Å². The molecule has 5 heteroatoms. The summed E-state index contributed by atoms with van der Waals surface area (Å²) in [7, 11) is 0. The maximum absolute atomic E-state index is 13.0. The Bertz CT molecular complexity index is 538. The summed E-state index contributed by atoms with van der Waals surface area (Å²) in [5.41, 5.74) is 0.416. The van der Waals surface area contributed by atoms with Gasteiger partial charge < -0.3 is 10.2 Å². The normalized spacial score (nSPS) is 29.6. The lowest BCUT2D eigenvalue weighted by Gasteiger charge is -2.44. The van der Waals surface area contributed by atoms with E-state index in [9.17, 15) is 9.59 Å². The number of hydrogen-bond donors (Lipinski definition) is 1. The molecule has 0 aromatic carbocycles. The smallest absolute Gasteiger partial charge is 0.249 e. The molecule has 2 heterocycles. The fourth-order valence-electron chi connectivity index (χ4n) is 3.23. The average Bonchev–Trinajstić information content (AvgIpc) is 3.19. The van der Waals surface area contributed by atoms with Crippen LogP contribution in [0.1, 0.15) is 45.1 Å². The summed E-state index contributed by atoms with van der Waals surface area (Å²) in [6.45, 7) is 4.49. The number of carbonyl (C=O) groups excluding carboxylic acids is 2. The van der Waals surface area contributed by atoms with E-state index in [0.29, 0.717) is 12.5 Å². The largest absolute Gasteiger partial charge is 0.340 e. The number of carbonyl (C=O) groups is 2. The number of amides is 2. The van der Waals surface area contributed by atoms with E-state index < -0.39 is 5.54 Å². The van der Waals surface area contributed by atoms with Gasteiger partial charge in [-0.15, -0.1) is 0 Å². The second-order valence-electron chi connectivity index (χ2n) is 6.33. The molecule has 0 spiro atoms. The summed E-state index contributed by atoms with van der Waals surface area (Å²) < 4.78 is 0. The van der Waals surface area contributed by atoms with Gasteiger partial charge in [-0.05, 0) is 54.5 Å². The molecular weight excluding hydrogens is 284 g/mol. The Kier molecular flexibility index (Phi) is 3.78. The average molecular weight is 306 g/mol. The molecule has 1 saturated carbocycles. The molecule has 0 radical (unpaired) electrons. The first-order chi connectivity index (χ1) is 10.1. The van der Waals surface area contributed by atoms with Crippen molar-refractivity contribution < 1.29 is 9.59 Å². The zero-order chi connectivity index (χ0) is 15.0. The van der Waals surface area contributed by atoms with Gasteiger partial charge in [0.1, 0.15) is 11.6 Å². The lowest BCUT2D eigenvalue weighted by Crippen LogP contribution is -2.69. The van der Waals surface area contributed by atoms with Gasteiger partial charge in [-0.3, -0.25) is 9.59 Å². The first-order valence-electron chi connectivity index (χ1n) is 7.70. The van der Waals surface area contributed by atoms with Crippen LogP contribution in [-0.2, 0) is 16.1 Å². The van der Waals surface area contributed by atoms with Crippen LogP contribution in [0.4, 0.5) is 0 Å². The van der Waals surface area contributed by atoms with Crippen molar-refractivity contribution in [1.82, 2.24) is 10.2 Å². The Balaban J connectivity index is 1.88. The van der Waals surface area contributed by atoms with Crippen LogP contribution < -0.4 is 5.32 Å². The van der Waals surface area contributed by atoms with Crippen LogP contribution in [0.25, 0.3) is 0 Å². The molecule has 1 N–H and O–H groups in total. The van der Waals surface area contributed by atoms with E-state index >= 15 is 0 Å². The number of thiophene rings is 1. The predicted molar refractivity (Wildman–Crippen MR) is 82.8 cm³/mol. The molecule has 2 unspecified atom stereocenters. The summed E-state index contributed by atoms with van der Waals surface area (Å²) >= 11 is 1.62. The highest BCUT2D eigenvalue weighted by atomic mass is 32.1. The Morgan fingerprint density at radius 3 is 2.76 bits per heavy atom. The maximum atomic E-state index is 13.0. The van der Waals surface area contributed by atoms with Crippen LogP contribution in [0.2, 0.25) is 0 Å². The van der Waals surface area contributed by atoms with Gasteiger partial charge in [-0.25, -0.2) is 0 Å². The van der Waals surface area contributed by atoms with Crippen molar-refractivity contribution >= 4 is 23.2 Å². The monoisotopic (exact) mass is 306 g/mol. The lowest BCUT2D eigenvalue weighted by atomic mass is 9.88. The van der Waals surface area contributed by atoms with Crippen LogP contribution in [0.15, 0.2) is 16.8 Å². The van der Waals surface area contributed by atoms with Crippen molar-refractivity contribution in [1.29, 1.82) is 0 Å². The molecule has 4 nitrogen and oxygen atoms in total. The van der Waals surface area contributed by atoms with E-state index in [1.54, 1.807) is 11.3 Å². The number of hydrogen-bond acceptors (Lipinski definition) is 3. The fraction of sp³-hybridized carbons (Fsp3) is 0.625.